The van der Waals surface area contributed by atoms with Crippen molar-refractivity contribution < 1.29 is 29.3 Å². The normalized spacial score (nSPS) is 17.3. The smallest absolute Gasteiger partial charge is 0.338 e. The van der Waals surface area contributed by atoms with E-state index in [0.717, 1.165) is 38.9 Å². The Bertz CT molecular complexity index is 1850. The Morgan fingerprint density at radius 2 is 1.49 bits per heavy atom. The Labute approximate surface area is 289 Å². The van der Waals surface area contributed by atoms with E-state index in [0.29, 0.717) is 30.3 Å². The second kappa shape index (κ2) is 16.4. The van der Waals surface area contributed by atoms with Crippen molar-refractivity contribution in [2.24, 2.45) is 0 Å². The first-order valence-corrected chi connectivity index (χ1v) is 17.0. The van der Waals surface area contributed by atoms with Gasteiger partial charge in [-0.15, -0.1) is 11.8 Å². The summed E-state index contributed by atoms with van der Waals surface area (Å²) in [6.07, 6.45) is 0.955. The van der Waals surface area contributed by atoms with Crippen LogP contribution in [0.5, 0.6) is 0 Å². The van der Waals surface area contributed by atoms with Crippen molar-refractivity contribution in [1.82, 2.24) is 15.6 Å². The van der Waals surface area contributed by atoms with Gasteiger partial charge >= 0.3 is 12.0 Å². The molecule has 4 aromatic carbocycles. The van der Waals surface area contributed by atoms with Gasteiger partial charge in [0.25, 0.3) is 0 Å². The molecule has 6 rings (SSSR count). The van der Waals surface area contributed by atoms with Gasteiger partial charge in [0.05, 0.1) is 24.4 Å². The predicted octanol–water partition coefficient (Wildman–Crippen LogP) is 7.28. The van der Waals surface area contributed by atoms with Gasteiger partial charge < -0.3 is 30.3 Å². The van der Waals surface area contributed by atoms with Crippen molar-refractivity contribution in [1.29, 1.82) is 0 Å². The zero-order valence-corrected chi connectivity index (χ0v) is 27.5. The van der Waals surface area contributed by atoms with Gasteiger partial charge in [-0.2, -0.15) is 0 Å². The Morgan fingerprint density at radius 3 is 2.24 bits per heavy atom. The maximum Gasteiger partial charge on any atom is 0.338 e. The first-order chi connectivity index (χ1) is 24.0. The summed E-state index contributed by atoms with van der Waals surface area (Å²) in [6, 6.07) is 36.3. The van der Waals surface area contributed by atoms with Crippen molar-refractivity contribution in [3.63, 3.8) is 0 Å². The van der Waals surface area contributed by atoms with Crippen LogP contribution in [0.25, 0.3) is 11.1 Å². The Morgan fingerprint density at radius 1 is 0.776 bits per heavy atom. The van der Waals surface area contributed by atoms with Crippen LogP contribution in [0.1, 0.15) is 57.0 Å². The number of benzene rings is 4. The molecule has 1 aromatic heterocycles. The molecule has 0 aliphatic carbocycles. The van der Waals surface area contributed by atoms with Crippen LogP contribution in [0.3, 0.4) is 0 Å². The van der Waals surface area contributed by atoms with Crippen molar-refractivity contribution in [3.8, 4) is 11.1 Å². The highest BCUT2D eigenvalue weighted by Crippen LogP contribution is 2.40. The number of ether oxygens (including phenoxy) is 2. The maximum atomic E-state index is 12.5. The predicted molar refractivity (Wildman–Crippen MR) is 188 cm³/mol. The van der Waals surface area contributed by atoms with Crippen molar-refractivity contribution in [2.75, 3.05) is 5.75 Å². The molecule has 1 fully saturated rings. The van der Waals surface area contributed by atoms with Gasteiger partial charge in [-0.1, -0.05) is 103 Å². The average molecular weight is 676 g/mol. The number of aromatic carboxylic acids is 1. The second-order valence-corrected chi connectivity index (χ2v) is 12.6. The number of nitrogens with one attached hydrogen (secondary N) is 2. The van der Waals surface area contributed by atoms with E-state index in [4.69, 9.17) is 9.47 Å². The fourth-order valence-electron chi connectivity index (χ4n) is 5.66. The number of aliphatic hydroxyl groups is 1. The highest BCUT2D eigenvalue weighted by atomic mass is 32.2. The number of pyridine rings is 1. The summed E-state index contributed by atoms with van der Waals surface area (Å²) in [5, 5.41) is 25.5. The van der Waals surface area contributed by atoms with Crippen LogP contribution < -0.4 is 10.6 Å². The molecule has 5 aromatic rings. The van der Waals surface area contributed by atoms with E-state index in [-0.39, 0.29) is 30.4 Å². The van der Waals surface area contributed by atoms with Gasteiger partial charge in [-0.25, -0.2) is 14.6 Å². The maximum absolute atomic E-state index is 12.5. The molecule has 3 atom stereocenters. The minimum Gasteiger partial charge on any atom is -0.478 e. The molecular formula is C39H37N3O6S. The van der Waals surface area contributed by atoms with Crippen LogP contribution >= 0.6 is 11.8 Å². The number of carboxylic acid groups (broad SMARTS) is 1. The van der Waals surface area contributed by atoms with Gasteiger partial charge in [0.15, 0.2) is 6.29 Å². The zero-order chi connectivity index (χ0) is 34.0. The third-order valence-corrected chi connectivity index (χ3v) is 9.41. The van der Waals surface area contributed by atoms with Crippen molar-refractivity contribution >= 4 is 23.8 Å². The molecule has 2 amide bonds. The van der Waals surface area contributed by atoms with E-state index in [1.165, 1.54) is 11.8 Å². The number of carboxylic acids is 1. The van der Waals surface area contributed by atoms with E-state index in [9.17, 15) is 19.8 Å². The summed E-state index contributed by atoms with van der Waals surface area (Å²) in [5.41, 5.74) is 6.78. The number of urea groups is 1. The lowest BCUT2D eigenvalue weighted by atomic mass is 9.98. The minimum atomic E-state index is -1.02. The number of carbonyl (C=O) groups excluding carboxylic acids is 1. The molecule has 10 heteroatoms. The van der Waals surface area contributed by atoms with Crippen LogP contribution in [-0.4, -0.2) is 39.1 Å². The van der Waals surface area contributed by atoms with Gasteiger partial charge in [0.1, 0.15) is 5.03 Å². The summed E-state index contributed by atoms with van der Waals surface area (Å²) < 4.78 is 13.0. The number of thioether (sulfide) groups is 1. The molecule has 2 heterocycles. The van der Waals surface area contributed by atoms with Crippen LogP contribution in [-0.2, 0) is 29.2 Å². The number of rotatable bonds is 12. The van der Waals surface area contributed by atoms with E-state index in [2.05, 4.69) is 15.6 Å². The molecule has 9 nitrogen and oxygen atoms in total. The van der Waals surface area contributed by atoms with Crippen molar-refractivity contribution in [2.45, 2.75) is 49.6 Å². The second-order valence-electron chi connectivity index (χ2n) is 11.6. The first-order valence-electron chi connectivity index (χ1n) is 16.0. The number of nitrogens with zero attached hydrogens (tertiary/aromatic N) is 1. The molecule has 1 saturated heterocycles. The molecule has 0 saturated carbocycles. The molecule has 250 valence electrons. The standard InChI is InChI=1S/C39H37N3O6S/c43-24-27-12-14-29(15-13-27)35-21-32(25-49-36-34(37(44)45)11-6-20-40-36)47-38(48-35)30-18-16-28(17-19-30)33-10-5-4-9-31(33)23-42-39(46)41-22-26-7-2-1-3-8-26/h1-20,32,35,38,43H,21-25H2,(H,44,45)(H2,41,42,46)/t32-,35+,38+/m1/s1. The molecule has 49 heavy (non-hydrogen) atoms. The Kier molecular flexibility index (Phi) is 11.3. The number of amides is 2. The lowest BCUT2D eigenvalue weighted by Gasteiger charge is -2.36. The number of aromatic nitrogens is 1. The third kappa shape index (κ3) is 8.92. The van der Waals surface area contributed by atoms with E-state index >= 15 is 0 Å². The van der Waals surface area contributed by atoms with Gasteiger partial charge in [0, 0.05) is 37.0 Å². The summed E-state index contributed by atoms with van der Waals surface area (Å²) in [7, 11) is 0. The topological polar surface area (TPSA) is 130 Å². The highest BCUT2D eigenvalue weighted by Gasteiger charge is 2.32. The molecule has 1 aliphatic heterocycles. The van der Waals surface area contributed by atoms with E-state index < -0.39 is 12.3 Å². The van der Waals surface area contributed by atoms with Gasteiger partial charge in [0.2, 0.25) is 0 Å². The molecule has 1 aliphatic rings. The molecular weight excluding hydrogens is 639 g/mol. The number of hydrogen-bond donors (Lipinski definition) is 4. The van der Waals surface area contributed by atoms with Crippen LogP contribution in [0.4, 0.5) is 4.79 Å². The summed E-state index contributed by atoms with van der Waals surface area (Å²) >= 11 is 1.35. The largest absolute Gasteiger partial charge is 0.478 e. The molecule has 0 bridgehead atoms. The van der Waals surface area contributed by atoms with Gasteiger partial charge in [-0.3, -0.25) is 0 Å². The van der Waals surface area contributed by atoms with E-state index in [1.807, 2.05) is 103 Å². The third-order valence-electron chi connectivity index (χ3n) is 8.27. The van der Waals surface area contributed by atoms with Crippen LogP contribution in [0.2, 0.25) is 0 Å². The molecule has 0 spiro atoms. The zero-order valence-electron chi connectivity index (χ0n) is 26.7. The lowest BCUT2D eigenvalue weighted by molar-refractivity contribution is -0.245. The van der Waals surface area contributed by atoms with Gasteiger partial charge in [-0.05, 0) is 45.5 Å². The van der Waals surface area contributed by atoms with Crippen LogP contribution in [0, 0.1) is 0 Å². The molecule has 0 unspecified atom stereocenters. The summed E-state index contributed by atoms with van der Waals surface area (Å²) in [6.45, 7) is 0.769. The first kappa shape index (κ1) is 33.9. The summed E-state index contributed by atoms with van der Waals surface area (Å²) in [5.74, 6) is -0.535. The lowest BCUT2D eigenvalue weighted by Crippen LogP contribution is -2.34. The Hall–Kier alpha value is -5.00. The number of aliphatic hydroxyl groups excluding tert-OH is 1. The minimum absolute atomic E-state index is 0.0419. The SMILES string of the molecule is O=C(NCc1ccccc1)NCc1ccccc1-c1ccc([C@H]2O[C@@H](CSc3ncccc3C(=O)O)C[C@@H](c3ccc(CO)cc3)O2)cc1. The van der Waals surface area contributed by atoms with Crippen LogP contribution in [0.15, 0.2) is 126 Å². The quantitative estimate of drug-likeness (QED) is 0.102. The molecule has 0 radical (unpaired) electrons. The number of carbonyl (C=O) groups is 2. The highest BCUT2D eigenvalue weighted by molar-refractivity contribution is 7.99. The summed E-state index contributed by atoms with van der Waals surface area (Å²) in [4.78, 5) is 28.6. The number of hydrogen-bond acceptors (Lipinski definition) is 7. The fourth-order valence-corrected chi connectivity index (χ4v) is 6.66. The van der Waals surface area contributed by atoms with E-state index in [1.54, 1.807) is 18.3 Å². The fraction of sp³-hybridized carbons (Fsp3) is 0.205. The average Bonchev–Trinajstić information content (AvgIpc) is 3.16. The Balaban J connectivity index is 1.16. The molecule has 4 N–H and O–H groups in total. The van der Waals surface area contributed by atoms with Crippen molar-refractivity contribution in [3.05, 3.63) is 155 Å². The monoisotopic (exact) mass is 675 g/mol.